The first-order valence-electron chi connectivity index (χ1n) is 6.23. The zero-order chi connectivity index (χ0) is 13.2. The van der Waals surface area contributed by atoms with Crippen molar-refractivity contribution in [1.29, 1.82) is 0 Å². The molecular weight excluding hydrogens is 240 g/mol. The van der Waals surface area contributed by atoms with Crippen molar-refractivity contribution in [2.45, 2.75) is 13.3 Å². The highest BCUT2D eigenvalue weighted by atomic mass is 16.5. The van der Waals surface area contributed by atoms with Crippen LogP contribution in [0.5, 0.6) is 0 Å². The molecule has 0 radical (unpaired) electrons. The van der Waals surface area contributed by atoms with Crippen LogP contribution in [0.15, 0.2) is 47.8 Å². The average molecular weight is 254 g/mol. The van der Waals surface area contributed by atoms with Gasteiger partial charge in [0.2, 0.25) is 0 Å². The standard InChI is InChI=1S/C15H14N2O2/c1-10(11-7-9-19-15(11)18)17-14-6-2-5-13-12(14)4-3-8-16-13/h2-6,8,17H,7,9H2,1H3/b11-10-. The highest BCUT2D eigenvalue weighted by Gasteiger charge is 2.21. The van der Waals surface area contributed by atoms with Gasteiger partial charge in [0, 0.05) is 29.4 Å². The number of hydrogen-bond acceptors (Lipinski definition) is 4. The summed E-state index contributed by atoms with van der Waals surface area (Å²) in [5.41, 5.74) is 3.45. The second-order valence-electron chi connectivity index (χ2n) is 4.49. The highest BCUT2D eigenvalue weighted by Crippen LogP contribution is 2.25. The fourth-order valence-electron chi connectivity index (χ4n) is 2.27. The SMILES string of the molecule is C/C(Nc1cccc2ncccc12)=C1\CCOC1=O. The summed E-state index contributed by atoms with van der Waals surface area (Å²) < 4.78 is 4.96. The van der Waals surface area contributed by atoms with Gasteiger partial charge in [-0.1, -0.05) is 6.07 Å². The summed E-state index contributed by atoms with van der Waals surface area (Å²) in [5, 5.41) is 4.33. The van der Waals surface area contributed by atoms with E-state index in [1.807, 2.05) is 37.3 Å². The predicted octanol–water partition coefficient (Wildman–Crippen LogP) is 2.87. The number of pyridine rings is 1. The van der Waals surface area contributed by atoms with Crippen molar-refractivity contribution >= 4 is 22.6 Å². The lowest BCUT2D eigenvalue weighted by atomic mass is 10.1. The molecule has 2 aromatic rings. The minimum absolute atomic E-state index is 0.219. The van der Waals surface area contributed by atoms with Crippen LogP contribution in [0.2, 0.25) is 0 Å². The Morgan fingerprint density at radius 3 is 3.00 bits per heavy atom. The third-order valence-electron chi connectivity index (χ3n) is 3.25. The monoisotopic (exact) mass is 254 g/mol. The van der Waals surface area contributed by atoms with Gasteiger partial charge in [0.05, 0.1) is 17.7 Å². The van der Waals surface area contributed by atoms with Crippen LogP contribution in [0.25, 0.3) is 10.9 Å². The van der Waals surface area contributed by atoms with E-state index in [0.29, 0.717) is 13.0 Å². The average Bonchev–Trinajstić information content (AvgIpc) is 2.85. The van der Waals surface area contributed by atoms with Crippen LogP contribution in [0, 0.1) is 0 Å². The molecule has 96 valence electrons. The van der Waals surface area contributed by atoms with E-state index in [1.54, 1.807) is 6.20 Å². The van der Waals surface area contributed by atoms with E-state index in [2.05, 4.69) is 10.3 Å². The molecule has 0 atom stereocenters. The number of aromatic nitrogens is 1. The number of ether oxygens (including phenoxy) is 1. The lowest BCUT2D eigenvalue weighted by Crippen LogP contribution is -2.05. The molecule has 4 heteroatoms. The van der Waals surface area contributed by atoms with Gasteiger partial charge in [-0.25, -0.2) is 4.79 Å². The quantitative estimate of drug-likeness (QED) is 0.661. The maximum absolute atomic E-state index is 11.5. The number of carbonyl (C=O) groups is 1. The highest BCUT2D eigenvalue weighted by molar-refractivity contribution is 5.94. The van der Waals surface area contributed by atoms with Crippen LogP contribution < -0.4 is 5.32 Å². The third kappa shape index (κ3) is 2.17. The van der Waals surface area contributed by atoms with Crippen molar-refractivity contribution in [3.8, 4) is 0 Å². The topological polar surface area (TPSA) is 51.2 Å². The Labute approximate surface area is 111 Å². The number of allylic oxidation sites excluding steroid dienone is 1. The molecule has 4 nitrogen and oxygen atoms in total. The Bertz CT molecular complexity index is 671. The maximum atomic E-state index is 11.5. The largest absolute Gasteiger partial charge is 0.462 e. The second kappa shape index (κ2) is 4.72. The van der Waals surface area contributed by atoms with E-state index in [-0.39, 0.29) is 5.97 Å². The lowest BCUT2D eigenvalue weighted by Gasteiger charge is -2.10. The van der Waals surface area contributed by atoms with E-state index in [1.165, 1.54) is 0 Å². The summed E-state index contributed by atoms with van der Waals surface area (Å²) in [6.45, 7) is 2.38. The smallest absolute Gasteiger partial charge is 0.335 e. The number of carbonyl (C=O) groups excluding carboxylic acids is 1. The van der Waals surface area contributed by atoms with Crippen LogP contribution in [-0.4, -0.2) is 17.6 Å². The van der Waals surface area contributed by atoms with Gasteiger partial charge in [-0.3, -0.25) is 4.98 Å². The molecule has 1 aromatic carbocycles. The Hall–Kier alpha value is -2.36. The van der Waals surface area contributed by atoms with Crippen molar-refractivity contribution in [2.24, 2.45) is 0 Å². The summed E-state index contributed by atoms with van der Waals surface area (Å²) in [6, 6.07) is 9.80. The molecule has 1 aliphatic rings. The molecule has 0 amide bonds. The number of hydrogen-bond donors (Lipinski definition) is 1. The fraction of sp³-hybridized carbons (Fsp3) is 0.200. The molecule has 1 aromatic heterocycles. The normalized spacial score (nSPS) is 17.4. The zero-order valence-corrected chi connectivity index (χ0v) is 10.6. The van der Waals surface area contributed by atoms with Crippen LogP contribution in [-0.2, 0) is 9.53 Å². The zero-order valence-electron chi connectivity index (χ0n) is 10.6. The summed E-state index contributed by atoms with van der Waals surface area (Å²) in [7, 11) is 0. The molecular formula is C15H14N2O2. The van der Waals surface area contributed by atoms with Crippen LogP contribution in [0.1, 0.15) is 13.3 Å². The summed E-state index contributed by atoms with van der Waals surface area (Å²) >= 11 is 0. The van der Waals surface area contributed by atoms with Crippen molar-refractivity contribution in [3.05, 3.63) is 47.8 Å². The lowest BCUT2D eigenvalue weighted by molar-refractivity contribution is -0.135. The molecule has 19 heavy (non-hydrogen) atoms. The first-order valence-corrected chi connectivity index (χ1v) is 6.23. The van der Waals surface area contributed by atoms with Gasteiger partial charge in [-0.2, -0.15) is 0 Å². The van der Waals surface area contributed by atoms with Crippen molar-refractivity contribution in [3.63, 3.8) is 0 Å². The van der Waals surface area contributed by atoms with Crippen LogP contribution in [0.4, 0.5) is 5.69 Å². The second-order valence-corrected chi connectivity index (χ2v) is 4.49. The Balaban J connectivity index is 2.00. The summed E-state index contributed by atoms with van der Waals surface area (Å²) in [5.74, 6) is -0.219. The molecule has 1 aliphatic heterocycles. The number of benzene rings is 1. The Kier molecular flexibility index (Phi) is 2.91. The summed E-state index contributed by atoms with van der Waals surface area (Å²) in [4.78, 5) is 15.9. The number of rotatable bonds is 2. The molecule has 3 rings (SSSR count). The molecule has 0 unspecified atom stereocenters. The minimum Gasteiger partial charge on any atom is -0.462 e. The minimum atomic E-state index is -0.219. The molecule has 1 fully saturated rings. The first-order chi connectivity index (χ1) is 9.25. The fourth-order valence-corrected chi connectivity index (χ4v) is 2.27. The van der Waals surface area contributed by atoms with E-state index in [9.17, 15) is 4.79 Å². The molecule has 0 saturated carbocycles. The predicted molar refractivity (Wildman–Crippen MR) is 73.6 cm³/mol. The van der Waals surface area contributed by atoms with Gasteiger partial charge < -0.3 is 10.1 Å². The van der Waals surface area contributed by atoms with Gasteiger partial charge in [-0.15, -0.1) is 0 Å². The Morgan fingerprint density at radius 1 is 1.32 bits per heavy atom. The molecule has 1 saturated heterocycles. The molecule has 0 spiro atoms. The van der Waals surface area contributed by atoms with Crippen LogP contribution >= 0.6 is 0 Å². The van der Waals surface area contributed by atoms with E-state index in [0.717, 1.165) is 27.9 Å². The van der Waals surface area contributed by atoms with Crippen molar-refractivity contribution in [2.75, 3.05) is 11.9 Å². The number of nitrogens with zero attached hydrogens (tertiary/aromatic N) is 1. The Morgan fingerprint density at radius 2 is 2.21 bits per heavy atom. The summed E-state index contributed by atoms with van der Waals surface area (Å²) in [6.07, 6.45) is 2.44. The number of nitrogens with one attached hydrogen (secondary N) is 1. The van der Waals surface area contributed by atoms with Gasteiger partial charge in [-0.05, 0) is 31.2 Å². The number of anilines is 1. The van der Waals surface area contributed by atoms with E-state index >= 15 is 0 Å². The van der Waals surface area contributed by atoms with E-state index < -0.39 is 0 Å². The van der Waals surface area contributed by atoms with Gasteiger partial charge in [0.25, 0.3) is 0 Å². The van der Waals surface area contributed by atoms with Crippen LogP contribution in [0.3, 0.4) is 0 Å². The van der Waals surface area contributed by atoms with Crippen molar-refractivity contribution in [1.82, 2.24) is 4.98 Å². The number of fused-ring (bicyclic) bond motifs is 1. The third-order valence-corrected chi connectivity index (χ3v) is 3.25. The van der Waals surface area contributed by atoms with Crippen molar-refractivity contribution < 1.29 is 9.53 Å². The molecule has 0 aliphatic carbocycles. The van der Waals surface area contributed by atoms with E-state index in [4.69, 9.17) is 4.74 Å². The number of cyclic esters (lactones) is 1. The van der Waals surface area contributed by atoms with Gasteiger partial charge in [0.15, 0.2) is 0 Å². The molecule has 1 N–H and O–H groups in total. The molecule has 2 heterocycles. The van der Waals surface area contributed by atoms with Gasteiger partial charge >= 0.3 is 5.97 Å². The molecule has 0 bridgehead atoms. The van der Waals surface area contributed by atoms with Gasteiger partial charge in [0.1, 0.15) is 0 Å². The number of esters is 1. The maximum Gasteiger partial charge on any atom is 0.335 e. The first kappa shape index (κ1) is 11.7.